The van der Waals surface area contributed by atoms with Crippen LogP contribution in [0.3, 0.4) is 0 Å². The van der Waals surface area contributed by atoms with Crippen LogP contribution in [-0.4, -0.2) is 64.5 Å². The summed E-state index contributed by atoms with van der Waals surface area (Å²) in [5.74, 6) is -0.0827. The fourth-order valence-electron chi connectivity index (χ4n) is 8.32. The standard InChI is InChI=1S/C41H44F3N7O2/c1-3-38-47-35-23-32(33(41(42,43)44)24-37(35)49(38)2)30-8-6-9-36-31(30)17-21-51(36)40(53)26-11-16-34(27(22-26)25-45)48-39(52)10-7-18-46-28-12-14-29(15-13-28)50-19-4-5-20-50/h6-11,16,22-24,28-29,46H,3-5,12-15,17-21H2,1-2H3,(H,48,52)/b10-7+/t28-,29-. The Morgan fingerprint density at radius 2 is 1.79 bits per heavy atom. The van der Waals surface area contributed by atoms with Crippen molar-refractivity contribution in [1.29, 1.82) is 5.26 Å². The molecule has 2 N–H and O–H groups in total. The number of nitrogens with zero attached hydrogens (tertiary/aromatic N) is 5. The highest BCUT2D eigenvalue weighted by Crippen LogP contribution is 2.44. The molecule has 0 bridgehead atoms. The van der Waals surface area contributed by atoms with Gasteiger partial charge in [-0.3, -0.25) is 9.59 Å². The lowest BCUT2D eigenvalue weighted by Crippen LogP contribution is -2.41. The monoisotopic (exact) mass is 723 g/mol. The Morgan fingerprint density at radius 1 is 1.02 bits per heavy atom. The molecule has 12 heteroatoms. The summed E-state index contributed by atoms with van der Waals surface area (Å²) in [4.78, 5) is 35.3. The van der Waals surface area contributed by atoms with Gasteiger partial charge in [0.25, 0.3) is 5.91 Å². The number of likely N-dealkylation sites (tertiary alicyclic amines) is 1. The van der Waals surface area contributed by atoms with Crippen LogP contribution < -0.4 is 15.5 Å². The molecule has 4 aromatic rings. The third-order valence-corrected chi connectivity index (χ3v) is 11.1. The van der Waals surface area contributed by atoms with E-state index in [1.54, 1.807) is 42.0 Å². The molecule has 2 fully saturated rings. The van der Waals surface area contributed by atoms with E-state index in [1.807, 2.05) is 6.92 Å². The average Bonchev–Trinajstić information content (AvgIpc) is 3.92. The predicted octanol–water partition coefficient (Wildman–Crippen LogP) is 7.39. The van der Waals surface area contributed by atoms with Crippen LogP contribution in [0.25, 0.3) is 22.2 Å². The highest BCUT2D eigenvalue weighted by molar-refractivity contribution is 6.09. The molecule has 3 heterocycles. The molecule has 0 radical (unpaired) electrons. The summed E-state index contributed by atoms with van der Waals surface area (Å²) >= 11 is 0. The lowest BCUT2D eigenvalue weighted by atomic mass is 9.90. The van der Waals surface area contributed by atoms with Crippen LogP contribution in [0.5, 0.6) is 0 Å². The minimum atomic E-state index is -4.61. The maximum Gasteiger partial charge on any atom is 0.417 e. The molecule has 1 aromatic heterocycles. The summed E-state index contributed by atoms with van der Waals surface area (Å²) in [6.45, 7) is 5.19. The number of anilines is 2. The zero-order valence-electron chi connectivity index (χ0n) is 30.1. The van der Waals surface area contributed by atoms with Crippen molar-refractivity contribution in [1.82, 2.24) is 19.8 Å². The van der Waals surface area contributed by atoms with Crippen LogP contribution in [0.4, 0.5) is 24.5 Å². The van der Waals surface area contributed by atoms with Crippen molar-refractivity contribution >= 4 is 34.2 Å². The number of nitriles is 1. The van der Waals surface area contributed by atoms with Gasteiger partial charge in [0.1, 0.15) is 11.9 Å². The number of aromatic nitrogens is 2. The van der Waals surface area contributed by atoms with Gasteiger partial charge in [0, 0.05) is 56.0 Å². The van der Waals surface area contributed by atoms with E-state index in [0.717, 1.165) is 18.9 Å². The van der Waals surface area contributed by atoms with Gasteiger partial charge < -0.3 is 25.0 Å². The number of hydrogen-bond donors (Lipinski definition) is 2. The molecular formula is C41H44F3N7O2. The minimum Gasteiger partial charge on any atom is -0.331 e. The van der Waals surface area contributed by atoms with Gasteiger partial charge in [-0.15, -0.1) is 0 Å². The number of imidazole rings is 1. The topological polar surface area (TPSA) is 106 Å². The van der Waals surface area contributed by atoms with Gasteiger partial charge in [-0.25, -0.2) is 4.98 Å². The Morgan fingerprint density at radius 3 is 2.51 bits per heavy atom. The quantitative estimate of drug-likeness (QED) is 0.175. The molecule has 2 amide bonds. The van der Waals surface area contributed by atoms with Gasteiger partial charge in [-0.05, 0) is 111 Å². The lowest BCUT2D eigenvalue weighted by Gasteiger charge is -2.34. The van der Waals surface area contributed by atoms with Crippen LogP contribution in [0.15, 0.2) is 60.7 Å². The molecule has 1 saturated carbocycles. The number of benzene rings is 3. The molecule has 53 heavy (non-hydrogen) atoms. The molecular weight excluding hydrogens is 679 g/mol. The summed E-state index contributed by atoms with van der Waals surface area (Å²) < 4.78 is 45.2. The van der Waals surface area contributed by atoms with Crippen molar-refractivity contribution in [3.8, 4) is 17.2 Å². The van der Waals surface area contributed by atoms with Crippen LogP contribution in [0.1, 0.15) is 78.3 Å². The summed E-state index contributed by atoms with van der Waals surface area (Å²) in [7, 11) is 1.72. The third kappa shape index (κ3) is 7.46. The van der Waals surface area contributed by atoms with E-state index < -0.39 is 11.7 Å². The molecule has 276 valence electrons. The Hall–Kier alpha value is -4.99. The fraction of sp³-hybridized carbons (Fsp3) is 0.415. The normalized spacial score (nSPS) is 19.2. The van der Waals surface area contributed by atoms with Crippen molar-refractivity contribution in [2.75, 3.05) is 36.4 Å². The smallest absolute Gasteiger partial charge is 0.331 e. The SMILES string of the molecule is CCc1nc2cc(-c3cccc4c3CCN4C(=O)c3ccc(NC(=O)/C=C/CN[C@H]4CC[C@H](N5CCCC5)CC4)c(C#N)c3)c(C(F)(F)F)cc2n1C. The summed E-state index contributed by atoms with van der Waals surface area (Å²) in [6.07, 6.45) is 6.83. The maximum atomic E-state index is 14.5. The summed E-state index contributed by atoms with van der Waals surface area (Å²) in [5, 5.41) is 16.2. The number of carbonyl (C=O) groups is 2. The molecule has 0 atom stereocenters. The van der Waals surface area contributed by atoms with E-state index in [1.165, 1.54) is 67.9 Å². The number of rotatable bonds is 9. The van der Waals surface area contributed by atoms with E-state index in [-0.39, 0.29) is 40.7 Å². The average molecular weight is 724 g/mol. The largest absolute Gasteiger partial charge is 0.417 e. The van der Waals surface area contributed by atoms with E-state index in [2.05, 4.69) is 26.6 Å². The Kier molecular flexibility index (Phi) is 10.4. The van der Waals surface area contributed by atoms with E-state index in [4.69, 9.17) is 0 Å². The van der Waals surface area contributed by atoms with Crippen LogP contribution in [0, 0.1) is 11.3 Å². The second-order valence-corrected chi connectivity index (χ2v) is 14.3. The van der Waals surface area contributed by atoms with Crippen LogP contribution >= 0.6 is 0 Å². The Balaban J connectivity index is 1.02. The molecule has 0 spiro atoms. The number of halogens is 3. The number of fused-ring (bicyclic) bond motifs is 2. The maximum absolute atomic E-state index is 14.5. The highest BCUT2D eigenvalue weighted by Gasteiger charge is 2.37. The summed E-state index contributed by atoms with van der Waals surface area (Å²) in [5.41, 5.74) is 2.35. The number of carbonyl (C=O) groups excluding carboxylic acids is 2. The Labute approximate surface area is 307 Å². The molecule has 7 rings (SSSR count). The molecule has 0 unspecified atom stereocenters. The Bertz CT molecular complexity index is 2100. The number of amides is 2. The molecule has 2 aliphatic heterocycles. The molecule has 1 saturated heterocycles. The second-order valence-electron chi connectivity index (χ2n) is 14.3. The van der Waals surface area contributed by atoms with Gasteiger partial charge in [0.2, 0.25) is 5.91 Å². The molecule has 3 aromatic carbocycles. The first-order valence-corrected chi connectivity index (χ1v) is 18.6. The first-order chi connectivity index (χ1) is 25.5. The van der Waals surface area contributed by atoms with Crippen molar-refractivity contribution in [2.45, 2.75) is 76.6 Å². The predicted molar refractivity (Wildman–Crippen MR) is 200 cm³/mol. The van der Waals surface area contributed by atoms with Crippen molar-refractivity contribution < 1.29 is 22.8 Å². The van der Waals surface area contributed by atoms with Gasteiger partial charge >= 0.3 is 6.18 Å². The number of nitrogens with one attached hydrogen (secondary N) is 2. The van der Waals surface area contributed by atoms with Gasteiger partial charge in [-0.1, -0.05) is 25.1 Å². The highest BCUT2D eigenvalue weighted by atomic mass is 19.4. The van der Waals surface area contributed by atoms with Gasteiger partial charge in [-0.2, -0.15) is 18.4 Å². The zero-order chi connectivity index (χ0) is 37.3. The van der Waals surface area contributed by atoms with E-state index >= 15 is 0 Å². The zero-order valence-corrected chi connectivity index (χ0v) is 30.1. The van der Waals surface area contributed by atoms with Crippen LogP contribution in [-0.2, 0) is 30.9 Å². The number of aryl methyl sites for hydroxylation is 2. The first kappa shape index (κ1) is 36.4. The minimum absolute atomic E-state index is 0.0219. The van der Waals surface area contributed by atoms with Crippen molar-refractivity contribution in [3.63, 3.8) is 0 Å². The fourth-order valence-corrected chi connectivity index (χ4v) is 8.32. The summed E-state index contributed by atoms with van der Waals surface area (Å²) in [6, 6.07) is 15.4. The molecule has 3 aliphatic rings. The van der Waals surface area contributed by atoms with Crippen LogP contribution in [0.2, 0.25) is 0 Å². The second kappa shape index (κ2) is 15.2. The van der Waals surface area contributed by atoms with Gasteiger partial charge in [0.05, 0.1) is 27.8 Å². The van der Waals surface area contributed by atoms with Gasteiger partial charge in [0.15, 0.2) is 0 Å². The number of alkyl halides is 3. The van der Waals surface area contributed by atoms with E-state index in [0.29, 0.717) is 65.1 Å². The lowest BCUT2D eigenvalue weighted by molar-refractivity contribution is -0.137. The molecule has 1 aliphatic carbocycles. The van der Waals surface area contributed by atoms with Crippen molar-refractivity contribution in [3.05, 3.63) is 88.8 Å². The third-order valence-electron chi connectivity index (χ3n) is 11.1. The number of hydrogen-bond acceptors (Lipinski definition) is 6. The molecule has 9 nitrogen and oxygen atoms in total. The van der Waals surface area contributed by atoms with E-state index in [9.17, 15) is 28.0 Å². The first-order valence-electron chi connectivity index (χ1n) is 18.6. The van der Waals surface area contributed by atoms with Crippen molar-refractivity contribution in [2.24, 2.45) is 7.05 Å².